The number of alkyl halides is 6. The van der Waals surface area contributed by atoms with Crippen LogP contribution in [0.3, 0.4) is 0 Å². The Bertz CT molecular complexity index is 2420. The zero-order valence-corrected chi connectivity index (χ0v) is 26.1. The van der Waals surface area contributed by atoms with Gasteiger partial charge in [0.25, 0.3) is 0 Å². The van der Waals surface area contributed by atoms with Crippen LogP contribution in [0.5, 0.6) is 0 Å². The number of hydrogen-bond acceptors (Lipinski definition) is 2. The number of benzene rings is 6. The second kappa shape index (κ2) is 11.9. The molecule has 0 atom stereocenters. The Morgan fingerprint density at radius 2 is 1.16 bits per heavy atom. The molecule has 0 saturated heterocycles. The fraction of sp³-hybridized carbons (Fsp3) is 0.0714. The Hall–Kier alpha value is -5.89. The van der Waals surface area contributed by atoms with Gasteiger partial charge >= 0.3 is 12.4 Å². The SMILES string of the molecule is FC(F)(F)c1cc(-c2ccc(C3=Cc4ccc(-c5ccc(-c6nc7ccccc7o6)cc5)cc4C=CC3)c3ccccc23)cc(C(F)(F)F)c1. The van der Waals surface area contributed by atoms with E-state index in [0.717, 1.165) is 67.6 Å². The molecule has 50 heavy (non-hydrogen) atoms. The summed E-state index contributed by atoms with van der Waals surface area (Å²) in [6.07, 6.45) is -3.09. The van der Waals surface area contributed by atoms with Gasteiger partial charge in [0, 0.05) is 5.56 Å². The highest BCUT2D eigenvalue weighted by Gasteiger charge is 2.37. The van der Waals surface area contributed by atoms with Gasteiger partial charge in [0.1, 0.15) is 5.52 Å². The van der Waals surface area contributed by atoms with Gasteiger partial charge in [0.2, 0.25) is 5.89 Å². The van der Waals surface area contributed by atoms with E-state index in [4.69, 9.17) is 4.42 Å². The molecule has 8 heteroatoms. The number of fused-ring (bicyclic) bond motifs is 3. The highest BCUT2D eigenvalue weighted by Crippen LogP contribution is 2.42. The lowest BCUT2D eigenvalue weighted by Crippen LogP contribution is -2.11. The van der Waals surface area contributed by atoms with Crippen LogP contribution in [0.25, 0.3) is 73.3 Å². The molecule has 6 aromatic carbocycles. The van der Waals surface area contributed by atoms with Crippen LogP contribution in [-0.4, -0.2) is 4.98 Å². The Morgan fingerprint density at radius 1 is 0.540 bits per heavy atom. The summed E-state index contributed by atoms with van der Waals surface area (Å²) in [4.78, 5) is 4.58. The quantitative estimate of drug-likeness (QED) is 0.174. The predicted octanol–water partition coefficient (Wildman–Crippen LogP) is 13.0. The maximum atomic E-state index is 13.7. The first kappa shape index (κ1) is 31.4. The van der Waals surface area contributed by atoms with Gasteiger partial charge in [-0.1, -0.05) is 91.0 Å². The fourth-order valence-electron chi connectivity index (χ4n) is 6.52. The molecule has 0 amide bonds. The van der Waals surface area contributed by atoms with Gasteiger partial charge in [-0.05, 0) is 110 Å². The standard InChI is InChI=1S/C42H25F6NO/c43-41(44,45)32-22-31(23-33(24-32)42(46,47)48)35-19-18-34(36-8-1-2-9-37(35)36)30-7-5-6-27-20-28(16-17-29(27)21-30)25-12-14-26(15-13-25)40-49-38-10-3-4-11-39(38)50-40/h1-6,8-24H,7H2. The van der Waals surface area contributed by atoms with Crippen LogP contribution in [0.4, 0.5) is 26.3 Å². The molecule has 1 heterocycles. The first-order valence-electron chi connectivity index (χ1n) is 15.8. The van der Waals surface area contributed by atoms with E-state index in [2.05, 4.69) is 29.3 Å². The Labute approximate surface area is 282 Å². The first-order chi connectivity index (χ1) is 24.0. The van der Waals surface area contributed by atoms with Crippen LogP contribution < -0.4 is 0 Å². The molecule has 2 nitrogen and oxygen atoms in total. The van der Waals surface area contributed by atoms with Gasteiger partial charge in [0.05, 0.1) is 11.1 Å². The average molecular weight is 674 g/mol. The Kier molecular flexibility index (Phi) is 7.48. The van der Waals surface area contributed by atoms with Gasteiger partial charge in [-0.2, -0.15) is 26.3 Å². The summed E-state index contributed by atoms with van der Waals surface area (Å²) >= 11 is 0. The molecule has 246 valence electrons. The van der Waals surface area contributed by atoms with Crippen molar-refractivity contribution in [1.29, 1.82) is 0 Å². The maximum Gasteiger partial charge on any atom is 0.416 e. The van der Waals surface area contributed by atoms with E-state index < -0.39 is 23.5 Å². The number of allylic oxidation sites excluding steroid dienone is 2. The van der Waals surface area contributed by atoms with E-state index in [1.54, 1.807) is 24.3 Å². The van der Waals surface area contributed by atoms with Crippen LogP contribution >= 0.6 is 0 Å². The van der Waals surface area contributed by atoms with Crippen molar-refractivity contribution in [3.8, 4) is 33.7 Å². The van der Waals surface area contributed by atoms with E-state index in [-0.39, 0.29) is 17.2 Å². The summed E-state index contributed by atoms with van der Waals surface area (Å²) in [5.74, 6) is 0.557. The monoisotopic (exact) mass is 673 g/mol. The number of halogens is 6. The lowest BCUT2D eigenvalue weighted by Gasteiger charge is -2.17. The van der Waals surface area contributed by atoms with E-state index in [1.165, 1.54) is 0 Å². The highest BCUT2D eigenvalue weighted by atomic mass is 19.4. The van der Waals surface area contributed by atoms with Gasteiger partial charge in [-0.25, -0.2) is 4.98 Å². The largest absolute Gasteiger partial charge is 0.436 e. The molecule has 1 aliphatic rings. The van der Waals surface area contributed by atoms with Crippen molar-refractivity contribution in [2.24, 2.45) is 0 Å². The molecule has 1 aliphatic carbocycles. The van der Waals surface area contributed by atoms with Gasteiger partial charge in [-0.15, -0.1) is 0 Å². The summed E-state index contributed by atoms with van der Waals surface area (Å²) in [7, 11) is 0. The smallest absolute Gasteiger partial charge is 0.416 e. The van der Waals surface area contributed by atoms with Crippen molar-refractivity contribution < 1.29 is 30.8 Å². The molecule has 0 saturated carbocycles. The van der Waals surface area contributed by atoms with Gasteiger partial charge in [-0.3, -0.25) is 0 Å². The number of nitrogens with zero attached hydrogens (tertiary/aromatic N) is 1. The van der Waals surface area contributed by atoms with E-state index in [0.29, 0.717) is 17.7 Å². The predicted molar refractivity (Wildman–Crippen MR) is 186 cm³/mol. The molecule has 0 unspecified atom stereocenters. The van der Waals surface area contributed by atoms with Crippen molar-refractivity contribution in [3.05, 3.63) is 155 Å². The van der Waals surface area contributed by atoms with E-state index in [9.17, 15) is 26.3 Å². The molecule has 0 bridgehead atoms. The van der Waals surface area contributed by atoms with Crippen LogP contribution in [-0.2, 0) is 12.4 Å². The molecule has 8 rings (SSSR count). The third kappa shape index (κ3) is 5.87. The lowest BCUT2D eigenvalue weighted by molar-refractivity contribution is -0.143. The zero-order valence-electron chi connectivity index (χ0n) is 26.1. The molecular formula is C42H25F6NO. The minimum atomic E-state index is -4.94. The molecule has 1 aromatic heterocycles. The van der Waals surface area contributed by atoms with Crippen molar-refractivity contribution >= 4 is 39.6 Å². The van der Waals surface area contributed by atoms with Crippen LogP contribution in [0, 0.1) is 0 Å². The number of aromatic nitrogens is 1. The second-order valence-corrected chi connectivity index (χ2v) is 12.2. The molecule has 0 N–H and O–H groups in total. The van der Waals surface area contributed by atoms with Crippen molar-refractivity contribution in [2.45, 2.75) is 18.8 Å². The van der Waals surface area contributed by atoms with Crippen molar-refractivity contribution in [1.82, 2.24) is 4.98 Å². The van der Waals surface area contributed by atoms with E-state index >= 15 is 0 Å². The van der Waals surface area contributed by atoms with Crippen molar-refractivity contribution in [2.75, 3.05) is 0 Å². The van der Waals surface area contributed by atoms with Crippen molar-refractivity contribution in [3.63, 3.8) is 0 Å². The minimum Gasteiger partial charge on any atom is -0.436 e. The normalized spacial score (nSPS) is 13.4. The molecule has 0 radical (unpaired) electrons. The second-order valence-electron chi connectivity index (χ2n) is 12.2. The molecule has 0 fully saturated rings. The van der Waals surface area contributed by atoms with E-state index in [1.807, 2.05) is 72.8 Å². The Balaban J connectivity index is 1.14. The topological polar surface area (TPSA) is 26.0 Å². The summed E-state index contributed by atoms with van der Waals surface area (Å²) in [5.41, 5.74) is 5.74. The molecular weight excluding hydrogens is 648 g/mol. The Morgan fingerprint density at radius 3 is 1.86 bits per heavy atom. The third-order valence-corrected chi connectivity index (χ3v) is 8.98. The molecule has 0 aliphatic heterocycles. The highest BCUT2D eigenvalue weighted by molar-refractivity contribution is 6.05. The third-order valence-electron chi connectivity index (χ3n) is 8.98. The number of oxazole rings is 1. The van der Waals surface area contributed by atoms with Gasteiger partial charge < -0.3 is 4.42 Å². The van der Waals surface area contributed by atoms with Gasteiger partial charge in [0.15, 0.2) is 5.58 Å². The summed E-state index contributed by atoms with van der Waals surface area (Å²) in [5, 5.41) is 1.29. The molecule has 7 aromatic rings. The number of para-hydroxylation sites is 2. The molecule has 0 spiro atoms. The first-order valence-corrected chi connectivity index (χ1v) is 15.8. The van der Waals surface area contributed by atoms with Crippen LogP contribution in [0.1, 0.15) is 34.2 Å². The number of rotatable bonds is 4. The summed E-state index contributed by atoms with van der Waals surface area (Å²) in [6.45, 7) is 0. The van der Waals surface area contributed by atoms with Crippen LogP contribution in [0.15, 0.2) is 132 Å². The number of hydrogen-bond donors (Lipinski definition) is 0. The fourth-order valence-corrected chi connectivity index (χ4v) is 6.52. The maximum absolute atomic E-state index is 13.7. The zero-order chi connectivity index (χ0) is 34.6. The average Bonchev–Trinajstić information content (AvgIpc) is 3.43. The lowest BCUT2D eigenvalue weighted by atomic mass is 9.89. The summed E-state index contributed by atoms with van der Waals surface area (Å²) < 4.78 is 88.0. The minimum absolute atomic E-state index is 0.149. The van der Waals surface area contributed by atoms with Crippen LogP contribution in [0.2, 0.25) is 0 Å². The summed E-state index contributed by atoms with van der Waals surface area (Å²) in [6, 6.07) is 34.1.